The van der Waals surface area contributed by atoms with Crippen LogP contribution >= 0.6 is 12.4 Å². The molecule has 0 spiro atoms. The van der Waals surface area contributed by atoms with Gasteiger partial charge in [0.05, 0.1) is 0 Å². The van der Waals surface area contributed by atoms with Crippen molar-refractivity contribution in [1.29, 1.82) is 0 Å². The predicted molar refractivity (Wildman–Crippen MR) is 93.6 cm³/mol. The normalized spacial score (nSPS) is 18.0. The summed E-state index contributed by atoms with van der Waals surface area (Å²) in [4.78, 5) is 14.4. The van der Waals surface area contributed by atoms with E-state index in [1.54, 1.807) is 0 Å². The van der Waals surface area contributed by atoms with Crippen molar-refractivity contribution in [3.05, 3.63) is 48.0 Å². The van der Waals surface area contributed by atoms with Crippen LogP contribution in [-0.4, -0.2) is 36.5 Å². The number of carbonyl (C=O) groups is 1. The molecule has 0 saturated carbocycles. The quantitative estimate of drug-likeness (QED) is 0.943. The first-order valence-corrected chi connectivity index (χ1v) is 7.72. The molecule has 3 rings (SSSR count). The van der Waals surface area contributed by atoms with Crippen molar-refractivity contribution in [2.24, 2.45) is 0 Å². The van der Waals surface area contributed by atoms with Gasteiger partial charge in [0.15, 0.2) is 0 Å². The molecule has 1 aliphatic rings. The number of amides is 1. The van der Waals surface area contributed by atoms with Crippen LogP contribution in [0.4, 0.5) is 0 Å². The molecular weight excluding hydrogens is 296 g/mol. The van der Waals surface area contributed by atoms with Crippen molar-refractivity contribution in [2.75, 3.05) is 19.6 Å². The van der Waals surface area contributed by atoms with Crippen LogP contribution in [0.25, 0.3) is 10.8 Å². The van der Waals surface area contributed by atoms with Crippen LogP contribution in [0, 0.1) is 0 Å². The molecular formula is C18H23ClN2O. The predicted octanol–water partition coefficient (Wildman–Crippen LogP) is 3.01. The Balaban J connectivity index is 0.00000176. The van der Waals surface area contributed by atoms with E-state index in [0.717, 1.165) is 26.1 Å². The molecule has 1 aliphatic heterocycles. The van der Waals surface area contributed by atoms with E-state index in [-0.39, 0.29) is 18.3 Å². The molecule has 118 valence electrons. The molecule has 2 aromatic carbocycles. The molecule has 22 heavy (non-hydrogen) atoms. The van der Waals surface area contributed by atoms with Crippen molar-refractivity contribution in [3.63, 3.8) is 0 Å². The fourth-order valence-electron chi connectivity index (χ4n) is 3.00. The van der Waals surface area contributed by atoms with Gasteiger partial charge in [0.1, 0.15) is 0 Å². The van der Waals surface area contributed by atoms with Crippen molar-refractivity contribution in [3.8, 4) is 0 Å². The van der Waals surface area contributed by atoms with Gasteiger partial charge >= 0.3 is 0 Å². The standard InChI is InChI=1S/C18H22N2O.ClH/c1-14-13-19-10-11-20(14)18(21)9-7-15-6-8-16-4-2-3-5-17(16)12-15;/h2-6,8,12,14,19H,7,9-11,13H2,1H3;1H. The maximum atomic E-state index is 12.3. The van der Waals surface area contributed by atoms with Gasteiger partial charge in [-0.05, 0) is 29.7 Å². The van der Waals surface area contributed by atoms with E-state index in [9.17, 15) is 4.79 Å². The third-order valence-corrected chi connectivity index (χ3v) is 4.26. The fraction of sp³-hybridized carbons (Fsp3) is 0.389. The minimum atomic E-state index is 0. The first kappa shape index (κ1) is 16.8. The summed E-state index contributed by atoms with van der Waals surface area (Å²) in [6.07, 6.45) is 1.42. The van der Waals surface area contributed by atoms with Gasteiger partial charge in [0.2, 0.25) is 5.91 Å². The Bertz CT molecular complexity index is 644. The Hall–Kier alpha value is -1.58. The second kappa shape index (κ2) is 7.61. The van der Waals surface area contributed by atoms with Gasteiger partial charge in [-0.2, -0.15) is 0 Å². The summed E-state index contributed by atoms with van der Waals surface area (Å²) >= 11 is 0. The maximum Gasteiger partial charge on any atom is 0.223 e. The van der Waals surface area contributed by atoms with Crippen LogP contribution in [0.5, 0.6) is 0 Å². The summed E-state index contributed by atoms with van der Waals surface area (Å²) < 4.78 is 0. The van der Waals surface area contributed by atoms with E-state index >= 15 is 0 Å². The van der Waals surface area contributed by atoms with Crippen LogP contribution in [0.3, 0.4) is 0 Å². The molecule has 2 aromatic rings. The molecule has 1 amide bonds. The molecule has 1 unspecified atom stereocenters. The molecule has 1 heterocycles. The summed E-state index contributed by atoms with van der Waals surface area (Å²) in [6.45, 7) is 4.76. The molecule has 0 aromatic heterocycles. The number of benzene rings is 2. The van der Waals surface area contributed by atoms with Crippen LogP contribution in [0.1, 0.15) is 18.9 Å². The highest BCUT2D eigenvalue weighted by Gasteiger charge is 2.22. The zero-order valence-corrected chi connectivity index (χ0v) is 13.7. The first-order chi connectivity index (χ1) is 10.2. The zero-order valence-electron chi connectivity index (χ0n) is 12.9. The number of nitrogens with zero attached hydrogens (tertiary/aromatic N) is 1. The highest BCUT2D eigenvalue weighted by atomic mass is 35.5. The summed E-state index contributed by atoms with van der Waals surface area (Å²) in [7, 11) is 0. The van der Waals surface area contributed by atoms with E-state index in [2.05, 4.69) is 54.7 Å². The lowest BCUT2D eigenvalue weighted by molar-refractivity contribution is -0.133. The number of aryl methyl sites for hydroxylation is 1. The Morgan fingerprint density at radius 1 is 1.23 bits per heavy atom. The summed E-state index contributed by atoms with van der Waals surface area (Å²) in [5, 5.41) is 5.82. The molecule has 4 heteroatoms. The van der Waals surface area contributed by atoms with Gasteiger partial charge in [-0.25, -0.2) is 0 Å². The Kier molecular flexibility index (Phi) is 5.81. The van der Waals surface area contributed by atoms with Gasteiger partial charge < -0.3 is 10.2 Å². The lowest BCUT2D eigenvalue weighted by Gasteiger charge is -2.34. The van der Waals surface area contributed by atoms with Crippen LogP contribution in [0.15, 0.2) is 42.5 Å². The van der Waals surface area contributed by atoms with Crippen LogP contribution < -0.4 is 5.32 Å². The largest absolute Gasteiger partial charge is 0.337 e. The van der Waals surface area contributed by atoms with E-state index in [1.807, 2.05) is 4.90 Å². The fourth-order valence-corrected chi connectivity index (χ4v) is 3.00. The zero-order chi connectivity index (χ0) is 14.7. The second-order valence-corrected chi connectivity index (χ2v) is 5.82. The topological polar surface area (TPSA) is 32.3 Å². The Morgan fingerprint density at radius 3 is 2.77 bits per heavy atom. The molecule has 1 N–H and O–H groups in total. The summed E-state index contributed by atoms with van der Waals surface area (Å²) in [5.74, 6) is 0.275. The van der Waals surface area contributed by atoms with Crippen molar-refractivity contribution in [2.45, 2.75) is 25.8 Å². The highest BCUT2D eigenvalue weighted by Crippen LogP contribution is 2.17. The van der Waals surface area contributed by atoms with E-state index < -0.39 is 0 Å². The Morgan fingerprint density at radius 2 is 2.00 bits per heavy atom. The molecule has 0 aliphatic carbocycles. The van der Waals surface area contributed by atoms with Gasteiger partial charge in [0, 0.05) is 32.1 Å². The van der Waals surface area contributed by atoms with Gasteiger partial charge in [-0.3, -0.25) is 4.79 Å². The molecule has 0 radical (unpaired) electrons. The van der Waals surface area contributed by atoms with Crippen molar-refractivity contribution in [1.82, 2.24) is 10.2 Å². The average Bonchev–Trinajstić information content (AvgIpc) is 2.53. The summed E-state index contributed by atoms with van der Waals surface area (Å²) in [5.41, 5.74) is 1.24. The molecule has 1 atom stereocenters. The second-order valence-electron chi connectivity index (χ2n) is 5.82. The van der Waals surface area contributed by atoms with Gasteiger partial charge in [-0.1, -0.05) is 42.5 Å². The number of hydrogen-bond donors (Lipinski definition) is 1. The Labute approximate surface area is 138 Å². The lowest BCUT2D eigenvalue weighted by atomic mass is 10.0. The molecule has 1 fully saturated rings. The third-order valence-electron chi connectivity index (χ3n) is 4.26. The van der Waals surface area contributed by atoms with Gasteiger partial charge in [0.25, 0.3) is 0 Å². The van der Waals surface area contributed by atoms with E-state index in [0.29, 0.717) is 12.5 Å². The minimum absolute atomic E-state index is 0. The minimum Gasteiger partial charge on any atom is -0.337 e. The monoisotopic (exact) mass is 318 g/mol. The van der Waals surface area contributed by atoms with E-state index in [4.69, 9.17) is 0 Å². The van der Waals surface area contributed by atoms with Gasteiger partial charge in [-0.15, -0.1) is 12.4 Å². The van der Waals surface area contributed by atoms with Crippen molar-refractivity contribution < 1.29 is 4.79 Å². The van der Waals surface area contributed by atoms with Crippen LogP contribution in [0.2, 0.25) is 0 Å². The van der Waals surface area contributed by atoms with E-state index in [1.165, 1.54) is 16.3 Å². The smallest absolute Gasteiger partial charge is 0.223 e. The number of piperazine rings is 1. The maximum absolute atomic E-state index is 12.3. The number of fused-ring (bicyclic) bond motifs is 1. The summed E-state index contributed by atoms with van der Waals surface area (Å²) in [6, 6.07) is 15.1. The average molecular weight is 319 g/mol. The number of carbonyl (C=O) groups excluding carboxylic acids is 1. The third kappa shape index (κ3) is 3.79. The van der Waals surface area contributed by atoms with Crippen molar-refractivity contribution >= 4 is 29.1 Å². The number of halogens is 1. The number of rotatable bonds is 3. The first-order valence-electron chi connectivity index (χ1n) is 7.72. The highest BCUT2D eigenvalue weighted by molar-refractivity contribution is 5.85. The number of hydrogen-bond acceptors (Lipinski definition) is 2. The lowest BCUT2D eigenvalue weighted by Crippen LogP contribution is -2.52. The van der Waals surface area contributed by atoms with Crippen LogP contribution in [-0.2, 0) is 11.2 Å². The molecule has 1 saturated heterocycles. The molecule has 3 nitrogen and oxygen atoms in total. The SMILES string of the molecule is CC1CNCCN1C(=O)CCc1ccc2ccccc2c1.Cl. The molecule has 0 bridgehead atoms. The number of nitrogens with one attached hydrogen (secondary N) is 1.